The number of nitrogens with one attached hydrogen (secondary N) is 2. The van der Waals surface area contributed by atoms with Gasteiger partial charge in [0.05, 0.1) is 15.7 Å². The van der Waals surface area contributed by atoms with Crippen molar-refractivity contribution in [2.45, 2.75) is 6.92 Å². The molecule has 0 aliphatic carbocycles. The van der Waals surface area contributed by atoms with Crippen LogP contribution in [0, 0.1) is 0 Å². The van der Waals surface area contributed by atoms with Crippen LogP contribution in [0.1, 0.15) is 6.92 Å². The summed E-state index contributed by atoms with van der Waals surface area (Å²) in [7, 11) is 1.64. The van der Waals surface area contributed by atoms with E-state index in [-0.39, 0.29) is 27.6 Å². The number of rotatable bonds is 4. The lowest BCUT2D eigenvalue weighted by atomic mass is 10.3. The third-order valence-corrected chi connectivity index (χ3v) is 2.76. The first-order chi connectivity index (χ1) is 9.38. The van der Waals surface area contributed by atoms with Gasteiger partial charge in [0.15, 0.2) is 5.75 Å². The number of hydrazone groups is 1. The molecule has 4 N–H and O–H groups in total. The van der Waals surface area contributed by atoms with Crippen LogP contribution in [0.2, 0.25) is 10.0 Å². The number of ether oxygens (including phenoxy) is 1. The summed E-state index contributed by atoms with van der Waals surface area (Å²) >= 11 is 12.1. The molecule has 1 rings (SSSR count). The number of benzene rings is 1. The van der Waals surface area contributed by atoms with E-state index in [1.807, 2.05) is 0 Å². The van der Waals surface area contributed by atoms with Crippen molar-refractivity contribution in [3.63, 3.8) is 0 Å². The van der Waals surface area contributed by atoms with Crippen molar-refractivity contribution >= 4 is 40.7 Å². The van der Waals surface area contributed by atoms with E-state index in [0.29, 0.717) is 11.4 Å². The Morgan fingerprint density at radius 1 is 1.40 bits per heavy atom. The summed E-state index contributed by atoms with van der Waals surface area (Å²) in [5.74, 6) is 5.19. The Bertz CT molecular complexity index is 550. The molecule has 0 spiro atoms. The lowest BCUT2D eigenvalue weighted by Crippen LogP contribution is -2.22. The molecule has 0 bridgehead atoms. The molecular formula is C12H14Cl2N4O2. The Balaban J connectivity index is 3.08. The van der Waals surface area contributed by atoms with Gasteiger partial charge in [0.25, 0.3) is 5.90 Å². The van der Waals surface area contributed by atoms with E-state index in [0.717, 1.165) is 0 Å². The molecule has 0 saturated carbocycles. The highest BCUT2D eigenvalue weighted by atomic mass is 35.5. The van der Waals surface area contributed by atoms with E-state index in [2.05, 4.69) is 22.3 Å². The van der Waals surface area contributed by atoms with Crippen molar-refractivity contribution in [3.8, 4) is 5.75 Å². The second kappa shape index (κ2) is 7.02. The first-order valence-electron chi connectivity index (χ1n) is 5.48. The Hall–Kier alpha value is -1.92. The van der Waals surface area contributed by atoms with E-state index in [1.54, 1.807) is 7.05 Å². The lowest BCUT2D eigenvalue weighted by Gasteiger charge is -2.13. The maximum Gasteiger partial charge on any atom is 0.258 e. The first kappa shape index (κ1) is 16.1. The van der Waals surface area contributed by atoms with Crippen LogP contribution in [0.4, 0.5) is 5.69 Å². The number of carbonyl (C=O) groups is 1. The van der Waals surface area contributed by atoms with Crippen molar-refractivity contribution in [1.82, 2.24) is 5.32 Å². The summed E-state index contributed by atoms with van der Waals surface area (Å²) in [6.45, 7) is 5.04. The quantitative estimate of drug-likeness (QED) is 0.344. The van der Waals surface area contributed by atoms with Crippen molar-refractivity contribution in [2.24, 2.45) is 10.9 Å². The molecule has 0 aliphatic rings. The maximum absolute atomic E-state index is 11.0. The lowest BCUT2D eigenvalue weighted by molar-refractivity contribution is -0.114. The molecule has 0 fully saturated rings. The van der Waals surface area contributed by atoms with Crippen molar-refractivity contribution in [1.29, 1.82) is 0 Å². The standard InChI is InChI=1S/C12H14Cl2N4O2/c1-6(16-3)12(18-15)20-11-9(13)4-8(5-10(11)14)17-7(2)19/h4-5,16H,1,15H2,2-3H3,(H,17,19)/b18-12+. The third-order valence-electron chi connectivity index (χ3n) is 2.19. The Morgan fingerprint density at radius 3 is 2.35 bits per heavy atom. The summed E-state index contributed by atoms with van der Waals surface area (Å²) in [6, 6.07) is 3.00. The van der Waals surface area contributed by atoms with Gasteiger partial charge in [-0.2, -0.15) is 0 Å². The van der Waals surface area contributed by atoms with Crippen LogP contribution < -0.4 is 21.2 Å². The van der Waals surface area contributed by atoms with Crippen molar-refractivity contribution in [3.05, 3.63) is 34.5 Å². The summed E-state index contributed by atoms with van der Waals surface area (Å²) in [6.07, 6.45) is 0. The molecule has 20 heavy (non-hydrogen) atoms. The Labute approximate surface area is 126 Å². The van der Waals surface area contributed by atoms with Gasteiger partial charge in [0.2, 0.25) is 5.91 Å². The van der Waals surface area contributed by atoms with E-state index < -0.39 is 0 Å². The molecule has 0 radical (unpaired) electrons. The van der Waals surface area contributed by atoms with Gasteiger partial charge in [0, 0.05) is 19.7 Å². The fraction of sp³-hybridized carbons (Fsp3) is 0.167. The first-order valence-corrected chi connectivity index (χ1v) is 6.24. The highest BCUT2D eigenvalue weighted by Crippen LogP contribution is 2.36. The molecule has 0 heterocycles. The zero-order valence-corrected chi connectivity index (χ0v) is 12.5. The minimum Gasteiger partial charge on any atom is -0.433 e. The van der Waals surface area contributed by atoms with Gasteiger partial charge >= 0.3 is 0 Å². The summed E-state index contributed by atoms with van der Waals surface area (Å²) in [4.78, 5) is 11.0. The largest absolute Gasteiger partial charge is 0.433 e. The van der Waals surface area contributed by atoms with Gasteiger partial charge in [-0.25, -0.2) is 0 Å². The SMILES string of the molecule is C=C(NC)/C(=N\N)Oc1c(Cl)cc(NC(C)=O)cc1Cl. The number of anilines is 1. The fourth-order valence-electron chi connectivity index (χ4n) is 1.30. The molecule has 0 aromatic heterocycles. The summed E-state index contributed by atoms with van der Waals surface area (Å²) < 4.78 is 5.42. The highest BCUT2D eigenvalue weighted by Gasteiger charge is 2.15. The van der Waals surface area contributed by atoms with E-state index >= 15 is 0 Å². The van der Waals surface area contributed by atoms with Gasteiger partial charge < -0.3 is 21.2 Å². The van der Waals surface area contributed by atoms with Crippen molar-refractivity contribution in [2.75, 3.05) is 12.4 Å². The summed E-state index contributed by atoms with van der Waals surface area (Å²) in [5, 5.41) is 9.16. The molecule has 8 heteroatoms. The fourth-order valence-corrected chi connectivity index (χ4v) is 1.87. The van der Waals surface area contributed by atoms with E-state index in [9.17, 15) is 4.79 Å². The second-order valence-electron chi connectivity index (χ2n) is 3.72. The number of carbonyl (C=O) groups excluding carboxylic acids is 1. The van der Waals surface area contributed by atoms with Gasteiger partial charge in [-0.15, -0.1) is 5.10 Å². The smallest absolute Gasteiger partial charge is 0.258 e. The number of nitrogens with two attached hydrogens (primary N) is 1. The third kappa shape index (κ3) is 4.04. The molecule has 0 aliphatic heterocycles. The number of hydrogen-bond acceptors (Lipinski definition) is 5. The van der Waals surface area contributed by atoms with Gasteiger partial charge in [-0.1, -0.05) is 29.8 Å². The van der Waals surface area contributed by atoms with Crippen LogP contribution in [0.25, 0.3) is 0 Å². The zero-order chi connectivity index (χ0) is 15.3. The molecule has 6 nitrogen and oxygen atoms in total. The molecule has 0 unspecified atom stereocenters. The van der Waals surface area contributed by atoms with Crippen molar-refractivity contribution < 1.29 is 9.53 Å². The molecule has 108 valence electrons. The molecule has 1 aromatic carbocycles. The second-order valence-corrected chi connectivity index (χ2v) is 4.53. The number of amides is 1. The molecule has 0 saturated heterocycles. The van der Waals surface area contributed by atoms with Crippen LogP contribution >= 0.6 is 23.2 Å². The van der Waals surface area contributed by atoms with Crippen LogP contribution in [-0.4, -0.2) is 18.9 Å². The average Bonchev–Trinajstić information content (AvgIpc) is 2.36. The number of hydrogen-bond donors (Lipinski definition) is 3. The number of likely N-dealkylation sites (N-methyl/N-ethyl adjacent to an activating group) is 1. The minimum absolute atomic E-state index is 0.0450. The van der Waals surface area contributed by atoms with Gasteiger partial charge in [-0.3, -0.25) is 4.79 Å². The highest BCUT2D eigenvalue weighted by molar-refractivity contribution is 6.38. The average molecular weight is 317 g/mol. The molecule has 1 amide bonds. The molecule has 1 aromatic rings. The Morgan fingerprint density at radius 2 is 1.95 bits per heavy atom. The number of nitrogens with zero attached hydrogens (tertiary/aromatic N) is 1. The topological polar surface area (TPSA) is 88.7 Å². The Kier molecular flexibility index (Phi) is 5.66. The minimum atomic E-state index is -0.237. The van der Waals surface area contributed by atoms with Crippen LogP contribution in [0.3, 0.4) is 0 Å². The molecular weight excluding hydrogens is 303 g/mol. The normalized spacial score (nSPS) is 10.9. The predicted molar refractivity (Wildman–Crippen MR) is 81.2 cm³/mol. The maximum atomic E-state index is 11.0. The van der Waals surface area contributed by atoms with Crippen LogP contribution in [-0.2, 0) is 4.79 Å². The van der Waals surface area contributed by atoms with Crippen LogP contribution in [0.5, 0.6) is 5.75 Å². The van der Waals surface area contributed by atoms with Gasteiger partial charge in [0.1, 0.15) is 0 Å². The monoisotopic (exact) mass is 316 g/mol. The zero-order valence-electron chi connectivity index (χ0n) is 11.0. The number of halogens is 2. The molecule has 0 atom stereocenters. The predicted octanol–water partition coefficient (Wildman–Crippen LogP) is 2.34. The van der Waals surface area contributed by atoms with Gasteiger partial charge in [-0.05, 0) is 12.1 Å². The van der Waals surface area contributed by atoms with Crippen LogP contribution in [0.15, 0.2) is 29.5 Å². The van der Waals surface area contributed by atoms with E-state index in [1.165, 1.54) is 19.1 Å². The summed E-state index contributed by atoms with van der Waals surface area (Å²) in [5.41, 5.74) is 0.823. The van der Waals surface area contributed by atoms with E-state index in [4.69, 9.17) is 33.8 Å².